The summed E-state index contributed by atoms with van der Waals surface area (Å²) in [5.74, 6) is -0.298. The van der Waals surface area contributed by atoms with Crippen LogP contribution in [0.25, 0.3) is 5.57 Å². The molecule has 0 spiro atoms. The van der Waals surface area contributed by atoms with Crippen molar-refractivity contribution in [3.63, 3.8) is 0 Å². The summed E-state index contributed by atoms with van der Waals surface area (Å²) in [6, 6.07) is 13.4. The fraction of sp³-hybridized carbons (Fsp3) is 0.316. The minimum absolute atomic E-state index is 0.219. The summed E-state index contributed by atoms with van der Waals surface area (Å²) < 4.78 is 24.4. The molecule has 0 saturated heterocycles. The Bertz CT molecular complexity index is 855. The molecule has 4 nitrogen and oxygen atoms in total. The maximum Gasteiger partial charge on any atom is 0.241 e. The number of carbonyl (C=O) groups is 1. The minimum atomic E-state index is -3.48. The van der Waals surface area contributed by atoms with Crippen LogP contribution in [0.5, 0.6) is 0 Å². The molecule has 1 aromatic heterocycles. The number of carbonyl (C=O) groups excluding carboxylic acids is 1. The molecule has 0 fully saturated rings. The van der Waals surface area contributed by atoms with Gasteiger partial charge in [-0.2, -0.15) is 0 Å². The Kier molecular flexibility index (Phi) is 5.39. The Morgan fingerprint density at radius 2 is 1.96 bits per heavy atom. The summed E-state index contributed by atoms with van der Waals surface area (Å²) in [5, 5.41) is 1.01. The van der Waals surface area contributed by atoms with E-state index >= 15 is 0 Å². The second-order valence-corrected chi connectivity index (χ2v) is 9.42. The number of rotatable bonds is 5. The van der Waals surface area contributed by atoms with Gasteiger partial charge in [0.25, 0.3) is 0 Å². The van der Waals surface area contributed by atoms with Crippen LogP contribution in [0.2, 0.25) is 0 Å². The normalized spacial score (nSPS) is 16.4. The Labute approximate surface area is 152 Å². The van der Waals surface area contributed by atoms with Gasteiger partial charge in [-0.05, 0) is 35.4 Å². The van der Waals surface area contributed by atoms with E-state index in [-0.39, 0.29) is 12.3 Å². The summed E-state index contributed by atoms with van der Waals surface area (Å²) >= 11 is 1.68. The molecule has 2 aromatic rings. The lowest BCUT2D eigenvalue weighted by atomic mass is 10.0. The summed E-state index contributed by atoms with van der Waals surface area (Å²) in [5.41, 5.74) is 2.09. The first kappa shape index (κ1) is 17.9. The lowest BCUT2D eigenvalue weighted by Gasteiger charge is -2.29. The molecule has 3 rings (SSSR count). The first-order chi connectivity index (χ1) is 11.9. The third kappa shape index (κ3) is 4.38. The van der Waals surface area contributed by atoms with Crippen molar-refractivity contribution in [3.8, 4) is 0 Å². The maximum atomic E-state index is 12.9. The van der Waals surface area contributed by atoms with Crippen molar-refractivity contribution < 1.29 is 13.2 Å². The van der Waals surface area contributed by atoms with E-state index < -0.39 is 15.1 Å². The van der Waals surface area contributed by atoms with Gasteiger partial charge < -0.3 is 4.90 Å². The number of hydrogen-bond acceptors (Lipinski definition) is 4. The maximum absolute atomic E-state index is 12.9. The van der Waals surface area contributed by atoms with Crippen molar-refractivity contribution in [1.82, 2.24) is 4.90 Å². The summed E-state index contributed by atoms with van der Waals surface area (Å²) in [6.45, 7) is 1.02. The third-order valence-electron chi connectivity index (χ3n) is 4.41. The Morgan fingerprint density at radius 1 is 1.20 bits per heavy atom. The molecule has 132 valence electrons. The number of nitrogens with zero attached hydrogens (tertiary/aromatic N) is 1. The van der Waals surface area contributed by atoms with Crippen LogP contribution in [0.1, 0.15) is 16.9 Å². The van der Waals surface area contributed by atoms with Gasteiger partial charge in [-0.1, -0.05) is 42.5 Å². The van der Waals surface area contributed by atoms with Gasteiger partial charge in [-0.15, -0.1) is 11.3 Å². The third-order valence-corrected chi connectivity index (χ3v) is 6.76. The highest BCUT2D eigenvalue weighted by molar-refractivity contribution is 7.92. The van der Waals surface area contributed by atoms with Gasteiger partial charge in [0.1, 0.15) is 5.25 Å². The van der Waals surface area contributed by atoms with Crippen LogP contribution >= 0.6 is 11.3 Å². The van der Waals surface area contributed by atoms with Gasteiger partial charge >= 0.3 is 0 Å². The van der Waals surface area contributed by atoms with Gasteiger partial charge in [0.05, 0.1) is 0 Å². The van der Waals surface area contributed by atoms with Crippen molar-refractivity contribution in [1.29, 1.82) is 0 Å². The molecule has 1 unspecified atom stereocenters. The average molecular weight is 376 g/mol. The van der Waals surface area contributed by atoms with Gasteiger partial charge in [0.2, 0.25) is 5.91 Å². The molecule has 0 aliphatic carbocycles. The Morgan fingerprint density at radius 3 is 2.52 bits per heavy atom. The number of benzene rings is 1. The largest absolute Gasteiger partial charge is 0.337 e. The van der Waals surface area contributed by atoms with Gasteiger partial charge in [-0.25, -0.2) is 8.42 Å². The van der Waals surface area contributed by atoms with Gasteiger partial charge in [-0.3, -0.25) is 4.79 Å². The van der Waals surface area contributed by atoms with Crippen molar-refractivity contribution in [2.24, 2.45) is 0 Å². The first-order valence-electron chi connectivity index (χ1n) is 8.19. The molecule has 0 radical (unpaired) electrons. The fourth-order valence-electron chi connectivity index (χ4n) is 3.01. The highest BCUT2D eigenvalue weighted by Crippen LogP contribution is 2.26. The molecule has 25 heavy (non-hydrogen) atoms. The lowest BCUT2D eigenvalue weighted by Crippen LogP contribution is -2.45. The SMILES string of the molecule is CS(=O)(=O)C(Cc1ccccc1)C(=O)N1CC=C(c2cccs2)CC1. The van der Waals surface area contributed by atoms with Crippen LogP contribution in [-0.2, 0) is 21.1 Å². The van der Waals surface area contributed by atoms with Crippen LogP contribution in [0, 0.1) is 0 Å². The molecule has 1 atom stereocenters. The van der Waals surface area contributed by atoms with Crippen LogP contribution in [0.4, 0.5) is 0 Å². The highest BCUT2D eigenvalue weighted by atomic mass is 32.2. The summed E-state index contributed by atoms with van der Waals surface area (Å²) in [7, 11) is -3.48. The van der Waals surface area contributed by atoms with E-state index in [1.165, 1.54) is 10.5 Å². The van der Waals surface area contributed by atoms with Crippen molar-refractivity contribution in [2.45, 2.75) is 18.1 Å². The Balaban J connectivity index is 1.75. The molecule has 6 heteroatoms. The molecular weight excluding hydrogens is 354 g/mol. The number of amides is 1. The monoisotopic (exact) mass is 375 g/mol. The quantitative estimate of drug-likeness (QED) is 0.807. The van der Waals surface area contributed by atoms with E-state index in [9.17, 15) is 13.2 Å². The summed E-state index contributed by atoms with van der Waals surface area (Å²) in [6.07, 6.45) is 4.16. The molecule has 1 aliphatic rings. The molecule has 1 aromatic carbocycles. The average Bonchev–Trinajstić information content (AvgIpc) is 3.14. The molecule has 0 saturated carbocycles. The van der Waals surface area contributed by atoms with Crippen LogP contribution in [-0.4, -0.2) is 43.8 Å². The zero-order valence-electron chi connectivity index (χ0n) is 14.1. The zero-order valence-corrected chi connectivity index (χ0v) is 15.7. The lowest BCUT2D eigenvalue weighted by molar-refractivity contribution is -0.130. The van der Waals surface area contributed by atoms with Gasteiger partial charge in [0, 0.05) is 24.2 Å². The molecule has 0 N–H and O–H groups in total. The molecule has 2 heterocycles. The highest BCUT2D eigenvalue weighted by Gasteiger charge is 2.33. The molecule has 1 amide bonds. The standard InChI is InChI=1S/C19H21NO3S2/c1-25(22,23)18(14-15-6-3-2-4-7-15)19(21)20-11-9-16(10-12-20)17-8-5-13-24-17/h2-9,13,18H,10-12,14H2,1H3. The second-order valence-electron chi connectivity index (χ2n) is 6.25. The number of sulfone groups is 1. The predicted octanol–water partition coefficient (Wildman–Crippen LogP) is 3.02. The fourth-order valence-corrected chi connectivity index (χ4v) is 4.82. The van der Waals surface area contributed by atoms with E-state index in [1.54, 1.807) is 16.2 Å². The van der Waals surface area contributed by atoms with Crippen LogP contribution in [0.15, 0.2) is 53.9 Å². The first-order valence-corrected chi connectivity index (χ1v) is 11.0. The topological polar surface area (TPSA) is 54.5 Å². The summed E-state index contributed by atoms with van der Waals surface area (Å²) in [4.78, 5) is 15.7. The van der Waals surface area contributed by atoms with E-state index in [2.05, 4.69) is 6.07 Å². The smallest absolute Gasteiger partial charge is 0.241 e. The van der Waals surface area contributed by atoms with Crippen LogP contribution in [0.3, 0.4) is 0 Å². The van der Waals surface area contributed by atoms with Crippen LogP contribution < -0.4 is 0 Å². The van der Waals surface area contributed by atoms with Crippen molar-refractivity contribution in [3.05, 3.63) is 64.4 Å². The van der Waals surface area contributed by atoms with Crippen molar-refractivity contribution >= 4 is 32.7 Å². The zero-order chi connectivity index (χ0) is 17.9. The molecular formula is C19H21NO3S2. The number of hydrogen-bond donors (Lipinski definition) is 0. The molecule has 0 bridgehead atoms. The number of thiophene rings is 1. The van der Waals surface area contributed by atoms with E-state index in [1.807, 2.05) is 47.9 Å². The second kappa shape index (κ2) is 7.54. The predicted molar refractivity (Wildman–Crippen MR) is 102 cm³/mol. The van der Waals surface area contributed by atoms with Gasteiger partial charge in [0.15, 0.2) is 9.84 Å². The minimum Gasteiger partial charge on any atom is -0.337 e. The van der Waals surface area contributed by atoms with E-state index in [0.717, 1.165) is 18.2 Å². The van der Waals surface area contributed by atoms with E-state index in [0.29, 0.717) is 13.1 Å². The molecule has 1 aliphatic heterocycles. The van der Waals surface area contributed by atoms with E-state index in [4.69, 9.17) is 0 Å². The Hall–Kier alpha value is -1.92. The van der Waals surface area contributed by atoms with Crippen molar-refractivity contribution in [2.75, 3.05) is 19.3 Å².